The van der Waals surface area contributed by atoms with Crippen molar-refractivity contribution in [2.45, 2.75) is 13.8 Å². The number of amides is 1. The molecule has 3 rings (SSSR count). The van der Waals surface area contributed by atoms with Crippen molar-refractivity contribution >= 4 is 56.4 Å². The summed E-state index contributed by atoms with van der Waals surface area (Å²) in [6.07, 6.45) is 1.75. The minimum Gasteiger partial charge on any atom is -0.441 e. The maximum absolute atomic E-state index is 12.1. The highest BCUT2D eigenvalue weighted by Crippen LogP contribution is 2.29. The Hall–Kier alpha value is -1.99. The van der Waals surface area contributed by atoms with Gasteiger partial charge in [-0.05, 0) is 55.9 Å². The van der Waals surface area contributed by atoms with E-state index in [1.807, 2.05) is 36.4 Å². The highest BCUT2D eigenvalue weighted by molar-refractivity contribution is 9.10. The van der Waals surface area contributed by atoms with Gasteiger partial charge in [-0.15, -0.1) is 0 Å². The van der Waals surface area contributed by atoms with Gasteiger partial charge in [-0.2, -0.15) is 0 Å². The first-order chi connectivity index (χ1) is 12.1. The molecule has 2 aromatic rings. The molecule has 0 radical (unpaired) electrons. The number of carbonyl (C=O) groups is 1. The molecule has 1 aromatic carbocycles. The largest absolute Gasteiger partial charge is 0.441 e. The van der Waals surface area contributed by atoms with Crippen molar-refractivity contribution < 1.29 is 9.21 Å². The highest BCUT2D eigenvalue weighted by Gasteiger charge is 2.24. The predicted octanol–water partition coefficient (Wildman–Crippen LogP) is 4.78. The molecule has 1 aliphatic rings. The molecule has 1 fully saturated rings. The molecule has 7 heteroatoms. The summed E-state index contributed by atoms with van der Waals surface area (Å²) >= 11 is 4.70. The SMILES string of the molecule is CCN(CC)c1ccc(/C=C2/SC(=Nc3ccc(Br)cc3)NC2=O)o1. The van der Waals surface area contributed by atoms with Gasteiger partial charge in [0.15, 0.2) is 11.1 Å². The Labute approximate surface area is 159 Å². The van der Waals surface area contributed by atoms with Gasteiger partial charge in [0.2, 0.25) is 0 Å². The number of aliphatic imine (C=N–C) groups is 1. The maximum Gasteiger partial charge on any atom is 0.264 e. The topological polar surface area (TPSA) is 57.8 Å². The van der Waals surface area contributed by atoms with E-state index in [-0.39, 0.29) is 5.91 Å². The molecule has 0 unspecified atom stereocenters. The number of rotatable bonds is 5. The van der Waals surface area contributed by atoms with Crippen LogP contribution >= 0.6 is 27.7 Å². The van der Waals surface area contributed by atoms with Crippen molar-refractivity contribution in [3.63, 3.8) is 0 Å². The lowest BCUT2D eigenvalue weighted by atomic mass is 10.3. The Morgan fingerprint density at radius 3 is 2.60 bits per heavy atom. The first-order valence-electron chi connectivity index (χ1n) is 7.99. The Bertz CT molecular complexity index is 823. The summed E-state index contributed by atoms with van der Waals surface area (Å²) in [4.78, 5) is 19.3. The molecule has 1 aliphatic heterocycles. The summed E-state index contributed by atoms with van der Waals surface area (Å²) in [5.74, 6) is 1.30. The number of carbonyl (C=O) groups excluding carboxylic acids is 1. The zero-order chi connectivity index (χ0) is 17.8. The van der Waals surface area contributed by atoms with Crippen LogP contribution in [0.1, 0.15) is 19.6 Å². The number of hydrogen-bond donors (Lipinski definition) is 1. The molecule has 2 heterocycles. The number of hydrogen-bond acceptors (Lipinski definition) is 5. The van der Waals surface area contributed by atoms with Gasteiger partial charge in [-0.3, -0.25) is 4.79 Å². The van der Waals surface area contributed by atoms with Gasteiger partial charge in [0.05, 0.1) is 10.6 Å². The maximum atomic E-state index is 12.1. The molecule has 0 atom stereocenters. The van der Waals surface area contributed by atoms with Gasteiger partial charge in [0.25, 0.3) is 5.91 Å². The summed E-state index contributed by atoms with van der Waals surface area (Å²) in [5.41, 5.74) is 0.786. The summed E-state index contributed by atoms with van der Waals surface area (Å²) < 4.78 is 6.80. The minimum atomic E-state index is -0.165. The molecule has 0 bridgehead atoms. The smallest absolute Gasteiger partial charge is 0.264 e. The Morgan fingerprint density at radius 2 is 1.92 bits per heavy atom. The van der Waals surface area contributed by atoms with Gasteiger partial charge >= 0.3 is 0 Å². The van der Waals surface area contributed by atoms with Gasteiger partial charge < -0.3 is 14.6 Å². The highest BCUT2D eigenvalue weighted by atomic mass is 79.9. The molecule has 130 valence electrons. The Kier molecular flexibility index (Phi) is 5.65. The molecular weight excluding hydrogens is 402 g/mol. The van der Waals surface area contributed by atoms with Crippen molar-refractivity contribution in [1.29, 1.82) is 0 Å². The zero-order valence-corrected chi connectivity index (χ0v) is 16.4. The monoisotopic (exact) mass is 419 g/mol. The van der Waals surface area contributed by atoms with E-state index < -0.39 is 0 Å². The molecular formula is C18H18BrN3O2S. The third-order valence-corrected chi connectivity index (χ3v) is 5.11. The van der Waals surface area contributed by atoms with Crippen LogP contribution in [0, 0.1) is 0 Å². The molecule has 0 aliphatic carbocycles. The van der Waals surface area contributed by atoms with E-state index in [2.05, 4.69) is 45.0 Å². The average Bonchev–Trinajstić information content (AvgIpc) is 3.19. The lowest BCUT2D eigenvalue weighted by Crippen LogP contribution is -2.20. The predicted molar refractivity (Wildman–Crippen MR) is 107 cm³/mol. The first-order valence-corrected chi connectivity index (χ1v) is 9.60. The summed E-state index contributed by atoms with van der Waals surface area (Å²) in [6.45, 7) is 5.91. The average molecular weight is 420 g/mol. The molecule has 25 heavy (non-hydrogen) atoms. The molecule has 0 spiro atoms. The fourth-order valence-electron chi connectivity index (χ4n) is 2.37. The second kappa shape index (κ2) is 7.93. The summed E-state index contributed by atoms with van der Waals surface area (Å²) in [6, 6.07) is 11.4. The van der Waals surface area contributed by atoms with Gasteiger partial charge in [0, 0.05) is 29.7 Å². The van der Waals surface area contributed by atoms with E-state index in [0.717, 1.165) is 29.1 Å². The number of benzene rings is 1. The molecule has 1 N–H and O–H groups in total. The fraction of sp³-hybridized carbons (Fsp3) is 0.222. The van der Waals surface area contributed by atoms with Crippen LogP contribution in [0.3, 0.4) is 0 Å². The summed E-state index contributed by atoms with van der Waals surface area (Å²) in [5, 5.41) is 3.35. The molecule has 5 nitrogen and oxygen atoms in total. The van der Waals surface area contributed by atoms with Gasteiger partial charge in [0.1, 0.15) is 5.76 Å². The van der Waals surface area contributed by atoms with E-state index >= 15 is 0 Å². The Morgan fingerprint density at radius 1 is 1.20 bits per heavy atom. The lowest BCUT2D eigenvalue weighted by Gasteiger charge is -2.16. The van der Waals surface area contributed by atoms with Crippen molar-refractivity contribution in [2.24, 2.45) is 4.99 Å². The second-order valence-corrected chi connectivity index (χ2v) is 7.25. The quantitative estimate of drug-likeness (QED) is 0.708. The van der Waals surface area contributed by atoms with E-state index in [4.69, 9.17) is 4.42 Å². The van der Waals surface area contributed by atoms with Crippen molar-refractivity contribution in [3.05, 3.63) is 51.5 Å². The van der Waals surface area contributed by atoms with Crippen LogP contribution in [-0.2, 0) is 4.79 Å². The second-order valence-electron chi connectivity index (χ2n) is 5.31. The van der Waals surface area contributed by atoms with Crippen LogP contribution < -0.4 is 10.2 Å². The van der Waals surface area contributed by atoms with Crippen LogP contribution in [0.4, 0.5) is 11.6 Å². The third kappa shape index (κ3) is 4.35. The zero-order valence-electron chi connectivity index (χ0n) is 14.0. The number of thioether (sulfide) groups is 1. The van der Waals surface area contributed by atoms with Crippen molar-refractivity contribution in [3.8, 4) is 0 Å². The Balaban J connectivity index is 1.76. The molecule has 1 aromatic heterocycles. The van der Waals surface area contributed by atoms with Crippen LogP contribution in [0.2, 0.25) is 0 Å². The number of anilines is 1. The number of halogens is 1. The van der Waals surface area contributed by atoms with E-state index in [0.29, 0.717) is 15.8 Å². The van der Waals surface area contributed by atoms with Crippen molar-refractivity contribution in [1.82, 2.24) is 5.32 Å². The van der Waals surface area contributed by atoms with Crippen molar-refractivity contribution in [2.75, 3.05) is 18.0 Å². The minimum absolute atomic E-state index is 0.165. The van der Waals surface area contributed by atoms with E-state index in [9.17, 15) is 4.79 Å². The number of amidine groups is 1. The fourth-order valence-corrected chi connectivity index (χ4v) is 3.45. The number of nitrogens with one attached hydrogen (secondary N) is 1. The van der Waals surface area contributed by atoms with Gasteiger partial charge in [-0.25, -0.2) is 4.99 Å². The van der Waals surface area contributed by atoms with Crippen LogP contribution in [-0.4, -0.2) is 24.2 Å². The van der Waals surface area contributed by atoms with E-state index in [1.54, 1.807) is 6.08 Å². The van der Waals surface area contributed by atoms with Crippen LogP contribution in [0.15, 0.2) is 55.2 Å². The molecule has 1 amide bonds. The van der Waals surface area contributed by atoms with Crippen LogP contribution in [0.5, 0.6) is 0 Å². The molecule has 1 saturated heterocycles. The summed E-state index contributed by atoms with van der Waals surface area (Å²) in [7, 11) is 0. The number of furan rings is 1. The standard InChI is InChI=1S/C18H18BrN3O2S/c1-3-22(4-2)16-10-9-14(24-16)11-15-17(23)21-18(25-15)20-13-7-5-12(19)6-8-13/h5-11H,3-4H2,1-2H3,(H,20,21,23)/b15-11+. The van der Waals surface area contributed by atoms with E-state index in [1.165, 1.54) is 11.8 Å². The normalized spacial score (nSPS) is 17.3. The lowest BCUT2D eigenvalue weighted by molar-refractivity contribution is -0.115. The first kappa shape index (κ1) is 17.8. The molecule has 0 saturated carbocycles. The third-order valence-electron chi connectivity index (χ3n) is 3.67. The van der Waals surface area contributed by atoms with Gasteiger partial charge in [-0.1, -0.05) is 15.9 Å². The number of nitrogens with zero attached hydrogens (tertiary/aromatic N) is 2. The van der Waals surface area contributed by atoms with Crippen LogP contribution in [0.25, 0.3) is 6.08 Å².